The van der Waals surface area contributed by atoms with Gasteiger partial charge in [-0.25, -0.2) is 0 Å². The van der Waals surface area contributed by atoms with Crippen LogP contribution in [0.15, 0.2) is 34.9 Å². The molecule has 0 bridgehead atoms. The van der Waals surface area contributed by atoms with Crippen molar-refractivity contribution in [2.75, 3.05) is 6.54 Å². The van der Waals surface area contributed by atoms with Gasteiger partial charge in [-0.05, 0) is 24.2 Å². The van der Waals surface area contributed by atoms with E-state index in [1.54, 1.807) is 0 Å². The summed E-state index contributed by atoms with van der Waals surface area (Å²) in [5.41, 5.74) is 9.14. The predicted molar refractivity (Wildman–Crippen MR) is 69.1 cm³/mol. The summed E-state index contributed by atoms with van der Waals surface area (Å²) >= 11 is 3.43. The SMILES string of the molecule is Cn1ncc(-c2ccc(Br)cc2)c1CCN. The van der Waals surface area contributed by atoms with Crippen LogP contribution < -0.4 is 5.73 Å². The van der Waals surface area contributed by atoms with Crippen LogP contribution in [-0.2, 0) is 13.5 Å². The number of nitrogens with zero attached hydrogens (tertiary/aromatic N) is 2. The highest BCUT2D eigenvalue weighted by Crippen LogP contribution is 2.24. The summed E-state index contributed by atoms with van der Waals surface area (Å²) in [6.07, 6.45) is 2.75. The van der Waals surface area contributed by atoms with Crippen LogP contribution in [0.5, 0.6) is 0 Å². The third kappa shape index (κ3) is 2.18. The number of hydrogen-bond acceptors (Lipinski definition) is 2. The molecule has 0 radical (unpaired) electrons. The Labute approximate surface area is 103 Å². The molecule has 0 fully saturated rings. The zero-order valence-corrected chi connectivity index (χ0v) is 10.7. The molecule has 2 rings (SSSR count). The second-order valence-electron chi connectivity index (χ2n) is 3.67. The Morgan fingerprint density at radius 1 is 1.31 bits per heavy atom. The molecule has 4 heteroatoms. The summed E-state index contributed by atoms with van der Waals surface area (Å²) in [6.45, 7) is 0.642. The van der Waals surface area contributed by atoms with Crippen molar-refractivity contribution in [3.05, 3.63) is 40.6 Å². The molecule has 0 saturated carbocycles. The van der Waals surface area contributed by atoms with Crippen LogP contribution in [0.2, 0.25) is 0 Å². The Hall–Kier alpha value is -1.13. The minimum absolute atomic E-state index is 0.642. The Balaban J connectivity index is 2.43. The fourth-order valence-electron chi connectivity index (χ4n) is 1.77. The lowest BCUT2D eigenvalue weighted by Gasteiger charge is -2.05. The highest BCUT2D eigenvalue weighted by molar-refractivity contribution is 9.10. The molecule has 0 aliphatic rings. The average molecular weight is 280 g/mol. The smallest absolute Gasteiger partial charge is 0.0571 e. The normalized spacial score (nSPS) is 10.7. The Kier molecular flexibility index (Phi) is 3.41. The molecule has 0 aliphatic heterocycles. The Bertz CT molecular complexity index is 474. The molecule has 3 nitrogen and oxygen atoms in total. The van der Waals surface area contributed by atoms with Crippen LogP contribution in [-0.4, -0.2) is 16.3 Å². The summed E-state index contributed by atoms with van der Waals surface area (Å²) in [7, 11) is 1.95. The van der Waals surface area contributed by atoms with Gasteiger partial charge < -0.3 is 5.73 Å². The van der Waals surface area contributed by atoms with Crippen molar-refractivity contribution in [2.45, 2.75) is 6.42 Å². The highest BCUT2D eigenvalue weighted by Gasteiger charge is 2.09. The molecule has 2 N–H and O–H groups in total. The van der Waals surface area contributed by atoms with Crippen molar-refractivity contribution < 1.29 is 0 Å². The van der Waals surface area contributed by atoms with Crippen molar-refractivity contribution in [2.24, 2.45) is 12.8 Å². The average Bonchev–Trinajstić information content (AvgIpc) is 2.63. The number of benzene rings is 1. The zero-order chi connectivity index (χ0) is 11.5. The largest absolute Gasteiger partial charge is 0.330 e. The van der Waals surface area contributed by atoms with Crippen molar-refractivity contribution in [3.63, 3.8) is 0 Å². The van der Waals surface area contributed by atoms with E-state index < -0.39 is 0 Å². The molecule has 0 amide bonds. The van der Waals surface area contributed by atoms with E-state index in [0.29, 0.717) is 6.54 Å². The van der Waals surface area contributed by atoms with Gasteiger partial charge in [-0.15, -0.1) is 0 Å². The molecule has 16 heavy (non-hydrogen) atoms. The third-order valence-electron chi connectivity index (χ3n) is 2.60. The highest BCUT2D eigenvalue weighted by atomic mass is 79.9. The van der Waals surface area contributed by atoms with Crippen LogP contribution in [0.4, 0.5) is 0 Å². The lowest BCUT2D eigenvalue weighted by molar-refractivity contribution is 0.707. The van der Waals surface area contributed by atoms with Gasteiger partial charge in [0.2, 0.25) is 0 Å². The van der Waals surface area contributed by atoms with Gasteiger partial charge in [0.05, 0.1) is 6.20 Å². The molecular weight excluding hydrogens is 266 g/mol. The molecule has 0 atom stereocenters. The number of aromatic nitrogens is 2. The monoisotopic (exact) mass is 279 g/mol. The van der Waals surface area contributed by atoms with E-state index in [9.17, 15) is 0 Å². The first-order chi connectivity index (χ1) is 7.72. The molecule has 1 aromatic carbocycles. The lowest BCUT2D eigenvalue weighted by atomic mass is 10.1. The summed E-state index contributed by atoms with van der Waals surface area (Å²) in [6, 6.07) is 8.24. The van der Waals surface area contributed by atoms with Crippen molar-refractivity contribution >= 4 is 15.9 Å². The number of rotatable bonds is 3. The van der Waals surface area contributed by atoms with E-state index in [0.717, 1.165) is 10.9 Å². The first kappa shape index (κ1) is 11.4. The fraction of sp³-hybridized carbons (Fsp3) is 0.250. The fourth-order valence-corrected chi connectivity index (χ4v) is 2.03. The number of hydrogen-bond donors (Lipinski definition) is 1. The second kappa shape index (κ2) is 4.80. The quantitative estimate of drug-likeness (QED) is 0.938. The van der Waals surface area contributed by atoms with E-state index in [4.69, 9.17) is 5.73 Å². The van der Waals surface area contributed by atoms with Crippen LogP contribution in [0.3, 0.4) is 0 Å². The van der Waals surface area contributed by atoms with Gasteiger partial charge in [0, 0.05) is 29.2 Å². The maximum atomic E-state index is 5.61. The molecule has 0 saturated heterocycles. The first-order valence-electron chi connectivity index (χ1n) is 5.19. The van der Waals surface area contributed by atoms with Crippen molar-refractivity contribution in [3.8, 4) is 11.1 Å². The number of halogens is 1. The van der Waals surface area contributed by atoms with E-state index in [-0.39, 0.29) is 0 Å². The third-order valence-corrected chi connectivity index (χ3v) is 3.13. The lowest BCUT2D eigenvalue weighted by Crippen LogP contribution is -2.08. The standard InChI is InChI=1S/C12H14BrN3/c1-16-12(6-7-14)11(8-15-16)9-2-4-10(13)5-3-9/h2-5,8H,6-7,14H2,1H3. The summed E-state index contributed by atoms with van der Waals surface area (Å²) in [4.78, 5) is 0. The molecule has 0 unspecified atom stereocenters. The zero-order valence-electron chi connectivity index (χ0n) is 9.15. The van der Waals surface area contributed by atoms with Gasteiger partial charge in [0.15, 0.2) is 0 Å². The first-order valence-corrected chi connectivity index (χ1v) is 5.98. The maximum Gasteiger partial charge on any atom is 0.0571 e. The summed E-state index contributed by atoms with van der Waals surface area (Å²) in [5.74, 6) is 0. The molecule has 0 spiro atoms. The van der Waals surface area contributed by atoms with E-state index in [1.165, 1.54) is 16.8 Å². The van der Waals surface area contributed by atoms with Gasteiger partial charge in [0.25, 0.3) is 0 Å². The van der Waals surface area contributed by atoms with E-state index in [2.05, 4.69) is 33.2 Å². The second-order valence-corrected chi connectivity index (χ2v) is 4.59. The van der Waals surface area contributed by atoms with Gasteiger partial charge >= 0.3 is 0 Å². The summed E-state index contributed by atoms with van der Waals surface area (Å²) < 4.78 is 2.98. The van der Waals surface area contributed by atoms with Crippen LogP contribution in [0.1, 0.15) is 5.69 Å². The van der Waals surface area contributed by atoms with Gasteiger partial charge in [-0.1, -0.05) is 28.1 Å². The van der Waals surface area contributed by atoms with Crippen molar-refractivity contribution in [1.29, 1.82) is 0 Å². The molecule has 84 valence electrons. The molecule has 1 aromatic heterocycles. The van der Waals surface area contributed by atoms with E-state index in [1.807, 2.05) is 30.1 Å². The topological polar surface area (TPSA) is 43.8 Å². The molecule has 1 heterocycles. The van der Waals surface area contributed by atoms with Gasteiger partial charge in [-0.2, -0.15) is 5.10 Å². The van der Waals surface area contributed by atoms with Gasteiger partial charge in [-0.3, -0.25) is 4.68 Å². The van der Waals surface area contributed by atoms with E-state index >= 15 is 0 Å². The number of nitrogens with two attached hydrogens (primary N) is 1. The molecular formula is C12H14BrN3. The summed E-state index contributed by atoms with van der Waals surface area (Å²) in [5, 5.41) is 4.28. The predicted octanol–water partition coefficient (Wildman–Crippen LogP) is 2.35. The van der Waals surface area contributed by atoms with Crippen LogP contribution in [0, 0.1) is 0 Å². The van der Waals surface area contributed by atoms with Gasteiger partial charge in [0.1, 0.15) is 0 Å². The number of aryl methyl sites for hydroxylation is 1. The molecule has 2 aromatic rings. The molecule has 0 aliphatic carbocycles. The minimum Gasteiger partial charge on any atom is -0.330 e. The van der Waals surface area contributed by atoms with Crippen LogP contribution >= 0.6 is 15.9 Å². The van der Waals surface area contributed by atoms with Crippen molar-refractivity contribution in [1.82, 2.24) is 9.78 Å². The maximum absolute atomic E-state index is 5.61. The Morgan fingerprint density at radius 3 is 2.62 bits per heavy atom. The van der Waals surface area contributed by atoms with Crippen LogP contribution in [0.25, 0.3) is 11.1 Å². The Morgan fingerprint density at radius 2 is 2.00 bits per heavy atom. The minimum atomic E-state index is 0.642.